The van der Waals surface area contributed by atoms with Gasteiger partial charge < -0.3 is 0 Å². The van der Waals surface area contributed by atoms with Crippen LogP contribution in [0.1, 0.15) is 11.1 Å². The average molecular weight is 450 g/mol. The summed E-state index contributed by atoms with van der Waals surface area (Å²) in [5, 5.41) is 0. The molecule has 4 nitrogen and oxygen atoms in total. The lowest BCUT2D eigenvalue weighted by Crippen LogP contribution is -2.63. The Morgan fingerprint density at radius 1 is 0.514 bits per heavy atom. The maximum Gasteiger partial charge on any atom is 0.257 e. The van der Waals surface area contributed by atoms with Crippen LogP contribution >= 0.6 is 0 Å². The molecule has 0 saturated heterocycles. The fourth-order valence-corrected chi connectivity index (χ4v) is 5.80. The molecule has 0 aliphatic carbocycles. The zero-order chi connectivity index (χ0) is 23.5. The topological polar surface area (TPSA) is 32.3 Å². The number of nitrogens with zero attached hydrogens (tertiary/aromatic N) is 4. The quantitative estimate of drug-likeness (QED) is 0.340. The van der Waals surface area contributed by atoms with Crippen molar-refractivity contribution in [2.24, 2.45) is 0 Å². The molecular weight excluding hydrogens is 427 g/mol. The van der Waals surface area contributed by atoms with E-state index in [9.17, 15) is 0 Å². The first kappa shape index (κ1) is 20.0. The van der Waals surface area contributed by atoms with Crippen LogP contribution in [0.15, 0.2) is 103 Å². The van der Waals surface area contributed by atoms with Gasteiger partial charge in [0.25, 0.3) is 6.71 Å². The van der Waals surface area contributed by atoms with Crippen molar-refractivity contribution in [3.63, 3.8) is 0 Å². The number of hydrogen-bond donors (Lipinski definition) is 0. The first-order valence-electron chi connectivity index (χ1n) is 12.0. The van der Waals surface area contributed by atoms with E-state index < -0.39 is 0 Å². The van der Waals surface area contributed by atoms with Gasteiger partial charge in [-0.3, -0.25) is 9.80 Å². The fraction of sp³-hybridized carbons (Fsp3) is 0.0667. The molecule has 0 unspecified atom stereocenters. The van der Waals surface area contributed by atoms with Crippen LogP contribution in [0.5, 0.6) is 0 Å². The van der Waals surface area contributed by atoms with E-state index in [2.05, 4.69) is 121 Å². The molecule has 35 heavy (non-hydrogen) atoms. The lowest BCUT2D eigenvalue weighted by Gasteiger charge is -2.43. The zero-order valence-electron chi connectivity index (χ0n) is 19.7. The summed E-state index contributed by atoms with van der Waals surface area (Å²) in [6, 6.07) is 34.2. The Balaban J connectivity index is 1.62. The molecule has 0 amide bonds. The molecule has 0 spiro atoms. The Morgan fingerprint density at radius 3 is 1.43 bits per heavy atom. The van der Waals surface area contributed by atoms with Crippen LogP contribution in [-0.2, 0) is 0 Å². The summed E-state index contributed by atoms with van der Waals surface area (Å²) >= 11 is 0. The number of hydrogen-bond acceptors (Lipinski definition) is 4. The van der Waals surface area contributed by atoms with E-state index in [0.29, 0.717) is 0 Å². The predicted molar refractivity (Wildman–Crippen MR) is 146 cm³/mol. The summed E-state index contributed by atoms with van der Waals surface area (Å²) in [7, 11) is 0. The highest BCUT2D eigenvalue weighted by Crippen LogP contribution is 2.42. The second kappa shape index (κ2) is 7.57. The minimum atomic E-state index is 0.0634. The van der Waals surface area contributed by atoms with Gasteiger partial charge in [0.05, 0.1) is 0 Å². The molecule has 5 aromatic rings. The van der Waals surface area contributed by atoms with Gasteiger partial charge >= 0.3 is 0 Å². The van der Waals surface area contributed by atoms with Crippen LogP contribution < -0.4 is 26.2 Å². The number of fused-ring (bicyclic) bond motifs is 4. The highest BCUT2D eigenvalue weighted by atomic mass is 15.3. The van der Waals surface area contributed by atoms with Gasteiger partial charge in [0.15, 0.2) is 0 Å². The number of aryl methyl sites for hydroxylation is 2. The Hall–Kier alpha value is -4.38. The van der Waals surface area contributed by atoms with Crippen LogP contribution in [0.25, 0.3) is 0 Å². The minimum Gasteiger partial charge on any atom is -0.296 e. The second-order valence-corrected chi connectivity index (χ2v) is 9.22. The number of benzene rings is 4. The van der Waals surface area contributed by atoms with Crippen molar-refractivity contribution in [3.05, 3.63) is 115 Å². The predicted octanol–water partition coefficient (Wildman–Crippen LogP) is 5.18. The van der Waals surface area contributed by atoms with E-state index in [1.807, 2.05) is 0 Å². The molecule has 3 heterocycles. The third kappa shape index (κ3) is 2.81. The summed E-state index contributed by atoms with van der Waals surface area (Å²) in [6.45, 7) is 4.50. The van der Waals surface area contributed by atoms with Gasteiger partial charge in [0, 0.05) is 28.2 Å². The molecule has 1 aromatic heterocycles. The third-order valence-corrected chi connectivity index (χ3v) is 7.24. The maximum absolute atomic E-state index is 4.92. The van der Waals surface area contributed by atoms with Crippen LogP contribution in [-0.4, -0.2) is 16.7 Å². The second-order valence-electron chi connectivity index (χ2n) is 9.22. The van der Waals surface area contributed by atoms with Gasteiger partial charge in [-0.2, -0.15) is 0 Å². The summed E-state index contributed by atoms with van der Waals surface area (Å²) in [6.07, 6.45) is 1.71. The van der Waals surface area contributed by atoms with E-state index in [-0.39, 0.29) is 6.71 Å². The Kier molecular flexibility index (Phi) is 4.33. The minimum absolute atomic E-state index is 0.0634. The van der Waals surface area contributed by atoms with Crippen molar-refractivity contribution in [2.45, 2.75) is 13.8 Å². The molecule has 0 atom stereocenters. The highest BCUT2D eigenvalue weighted by Gasteiger charge is 2.45. The average Bonchev–Trinajstić information content (AvgIpc) is 2.90. The summed E-state index contributed by atoms with van der Waals surface area (Å²) in [4.78, 5) is 14.4. The van der Waals surface area contributed by atoms with Gasteiger partial charge in [-0.25, -0.2) is 9.97 Å². The monoisotopic (exact) mass is 450 g/mol. The fourth-order valence-electron chi connectivity index (χ4n) is 5.80. The van der Waals surface area contributed by atoms with Crippen molar-refractivity contribution in [3.8, 4) is 0 Å². The molecule has 166 valence electrons. The number of anilines is 6. The van der Waals surface area contributed by atoms with E-state index in [4.69, 9.17) is 9.97 Å². The Bertz CT molecular complexity index is 1470. The van der Waals surface area contributed by atoms with Crippen LogP contribution in [0.4, 0.5) is 34.4 Å². The molecule has 0 bridgehead atoms. The van der Waals surface area contributed by atoms with E-state index >= 15 is 0 Å². The molecule has 5 heteroatoms. The number of aromatic nitrogens is 2. The molecule has 2 aliphatic rings. The molecule has 0 N–H and O–H groups in total. The van der Waals surface area contributed by atoms with Crippen LogP contribution in [0, 0.1) is 13.8 Å². The van der Waals surface area contributed by atoms with Crippen molar-refractivity contribution in [2.75, 3.05) is 9.80 Å². The van der Waals surface area contributed by atoms with Gasteiger partial charge in [0.1, 0.15) is 18.0 Å². The van der Waals surface area contributed by atoms with Gasteiger partial charge in [-0.05, 0) is 61.2 Å². The SMILES string of the molecule is Cc1cccc2c1B1c3c(C)cccc3N(c3ccccc3)c3ncnc(c31)N2c1ccccc1. The number of para-hydroxylation sites is 2. The molecule has 0 saturated carbocycles. The maximum atomic E-state index is 4.92. The van der Waals surface area contributed by atoms with E-state index in [1.165, 1.54) is 33.4 Å². The lowest BCUT2D eigenvalue weighted by atomic mass is 9.33. The van der Waals surface area contributed by atoms with Crippen molar-refractivity contribution in [1.82, 2.24) is 9.97 Å². The van der Waals surface area contributed by atoms with Crippen molar-refractivity contribution < 1.29 is 0 Å². The molecule has 0 fully saturated rings. The van der Waals surface area contributed by atoms with Gasteiger partial charge in [-0.1, -0.05) is 71.8 Å². The van der Waals surface area contributed by atoms with Crippen molar-refractivity contribution >= 4 is 57.5 Å². The summed E-state index contributed by atoms with van der Waals surface area (Å²) in [5.41, 5.74) is 10.9. The van der Waals surface area contributed by atoms with Gasteiger partial charge in [-0.15, -0.1) is 0 Å². The zero-order valence-corrected chi connectivity index (χ0v) is 19.7. The normalized spacial score (nSPS) is 13.3. The summed E-state index contributed by atoms with van der Waals surface area (Å²) < 4.78 is 0. The Labute approximate surface area is 205 Å². The third-order valence-electron chi connectivity index (χ3n) is 7.24. The van der Waals surface area contributed by atoms with E-state index in [1.54, 1.807) is 6.33 Å². The van der Waals surface area contributed by atoms with Crippen LogP contribution in [0.3, 0.4) is 0 Å². The van der Waals surface area contributed by atoms with E-state index in [0.717, 1.165) is 28.5 Å². The molecule has 7 rings (SSSR count). The Morgan fingerprint density at radius 2 is 0.971 bits per heavy atom. The smallest absolute Gasteiger partial charge is 0.257 e. The van der Waals surface area contributed by atoms with Crippen LogP contribution in [0.2, 0.25) is 0 Å². The standard InChI is InChI=1S/C30H23BN4/c1-20-11-9-17-24-26(20)31-27-21(2)12-10-18-25(27)35(23-15-7-4-8-16-23)30-28(31)29(32-19-33-30)34(24)22-13-5-3-6-14-22/h3-19H,1-2H3. The lowest BCUT2D eigenvalue weighted by molar-refractivity contribution is 1.09. The van der Waals surface area contributed by atoms with Crippen molar-refractivity contribution in [1.29, 1.82) is 0 Å². The first-order valence-corrected chi connectivity index (χ1v) is 12.0. The van der Waals surface area contributed by atoms with Gasteiger partial charge in [0.2, 0.25) is 0 Å². The largest absolute Gasteiger partial charge is 0.296 e. The molecule has 2 aliphatic heterocycles. The first-order chi connectivity index (χ1) is 17.2. The number of rotatable bonds is 2. The molecule has 4 aromatic carbocycles. The highest BCUT2D eigenvalue weighted by molar-refractivity contribution is 7.00. The summed E-state index contributed by atoms with van der Waals surface area (Å²) in [5.74, 6) is 1.89. The molecule has 0 radical (unpaired) electrons. The molecular formula is C30H23BN4.